The van der Waals surface area contributed by atoms with Gasteiger partial charge in [0.1, 0.15) is 17.2 Å². The summed E-state index contributed by atoms with van der Waals surface area (Å²) in [6.45, 7) is 0. The van der Waals surface area contributed by atoms with Gasteiger partial charge in [0.2, 0.25) is 0 Å². The highest BCUT2D eigenvalue weighted by Crippen LogP contribution is 2.24. The lowest BCUT2D eigenvalue weighted by Gasteiger charge is -2.11. The van der Waals surface area contributed by atoms with E-state index >= 15 is 0 Å². The Morgan fingerprint density at radius 2 is 1.69 bits per heavy atom. The number of carbonyl (C=O) groups excluding carboxylic acids is 1. The van der Waals surface area contributed by atoms with Gasteiger partial charge < -0.3 is 20.1 Å². The Kier molecular flexibility index (Phi) is 5.34. The molecule has 2 N–H and O–H groups in total. The van der Waals surface area contributed by atoms with Gasteiger partial charge in [-0.05, 0) is 48.5 Å². The van der Waals surface area contributed by atoms with Crippen molar-refractivity contribution in [1.29, 1.82) is 0 Å². The van der Waals surface area contributed by atoms with Crippen LogP contribution < -0.4 is 20.1 Å². The molecule has 0 unspecified atom stereocenters. The molecule has 6 heteroatoms. The number of pyridine rings is 1. The number of methoxy groups -OCH3 is 2. The molecular weight excluding hydrogens is 330 g/mol. The highest BCUT2D eigenvalue weighted by atomic mass is 16.5. The van der Waals surface area contributed by atoms with Crippen molar-refractivity contribution in [3.63, 3.8) is 0 Å². The van der Waals surface area contributed by atoms with Crippen LogP contribution in [0.5, 0.6) is 11.5 Å². The maximum atomic E-state index is 12.5. The predicted molar refractivity (Wildman–Crippen MR) is 101 cm³/mol. The highest BCUT2D eigenvalue weighted by molar-refractivity contribution is 6.04. The Morgan fingerprint density at radius 1 is 0.923 bits per heavy atom. The summed E-state index contributed by atoms with van der Waals surface area (Å²) >= 11 is 0. The fourth-order valence-corrected chi connectivity index (χ4v) is 2.41. The number of hydrogen-bond acceptors (Lipinski definition) is 5. The van der Waals surface area contributed by atoms with Crippen molar-refractivity contribution < 1.29 is 14.3 Å². The number of aromatic nitrogens is 1. The number of benzene rings is 2. The number of carbonyl (C=O) groups is 1. The van der Waals surface area contributed by atoms with Crippen LogP contribution in [0.4, 0.5) is 17.1 Å². The number of para-hydroxylation sites is 2. The third-order valence-electron chi connectivity index (χ3n) is 3.73. The molecule has 0 bridgehead atoms. The van der Waals surface area contributed by atoms with Gasteiger partial charge in [-0.1, -0.05) is 12.1 Å². The lowest BCUT2D eigenvalue weighted by atomic mass is 10.2. The van der Waals surface area contributed by atoms with Crippen molar-refractivity contribution in [2.75, 3.05) is 24.9 Å². The molecule has 26 heavy (non-hydrogen) atoms. The van der Waals surface area contributed by atoms with Crippen LogP contribution >= 0.6 is 0 Å². The van der Waals surface area contributed by atoms with E-state index < -0.39 is 0 Å². The van der Waals surface area contributed by atoms with Crippen molar-refractivity contribution in [2.45, 2.75) is 0 Å². The molecule has 1 aromatic heterocycles. The number of anilines is 3. The zero-order valence-electron chi connectivity index (χ0n) is 14.5. The SMILES string of the molecule is COc1ccc(Nc2ccnc(C(=O)Nc3ccccc3OC)c2)cc1. The van der Waals surface area contributed by atoms with Crippen molar-refractivity contribution >= 4 is 23.0 Å². The Balaban J connectivity index is 1.74. The number of hydrogen-bond donors (Lipinski definition) is 2. The average molecular weight is 349 g/mol. The monoisotopic (exact) mass is 349 g/mol. The smallest absolute Gasteiger partial charge is 0.274 e. The maximum absolute atomic E-state index is 12.5. The van der Waals surface area contributed by atoms with Gasteiger partial charge in [0.15, 0.2) is 0 Å². The van der Waals surface area contributed by atoms with Gasteiger partial charge in [0.25, 0.3) is 5.91 Å². The lowest BCUT2D eigenvalue weighted by Crippen LogP contribution is -2.14. The average Bonchev–Trinajstić information content (AvgIpc) is 2.69. The number of nitrogens with zero attached hydrogens (tertiary/aromatic N) is 1. The van der Waals surface area contributed by atoms with E-state index in [1.807, 2.05) is 36.4 Å². The normalized spacial score (nSPS) is 10.1. The third-order valence-corrected chi connectivity index (χ3v) is 3.73. The van der Waals surface area contributed by atoms with Gasteiger partial charge >= 0.3 is 0 Å². The fourth-order valence-electron chi connectivity index (χ4n) is 2.41. The first-order valence-electron chi connectivity index (χ1n) is 8.01. The van der Waals surface area contributed by atoms with E-state index in [9.17, 15) is 4.79 Å². The third kappa shape index (κ3) is 4.10. The first-order chi connectivity index (χ1) is 12.7. The fraction of sp³-hybridized carbons (Fsp3) is 0.100. The van der Waals surface area contributed by atoms with Crippen LogP contribution in [-0.4, -0.2) is 25.1 Å². The van der Waals surface area contributed by atoms with E-state index in [0.29, 0.717) is 17.1 Å². The van der Waals surface area contributed by atoms with Gasteiger partial charge in [0.05, 0.1) is 19.9 Å². The van der Waals surface area contributed by atoms with E-state index in [2.05, 4.69) is 15.6 Å². The largest absolute Gasteiger partial charge is 0.497 e. The molecule has 0 aliphatic rings. The van der Waals surface area contributed by atoms with Crippen molar-refractivity contribution in [2.24, 2.45) is 0 Å². The lowest BCUT2D eigenvalue weighted by molar-refractivity contribution is 0.102. The minimum Gasteiger partial charge on any atom is -0.497 e. The Morgan fingerprint density at radius 3 is 2.42 bits per heavy atom. The summed E-state index contributed by atoms with van der Waals surface area (Å²) < 4.78 is 10.4. The van der Waals surface area contributed by atoms with E-state index in [-0.39, 0.29) is 5.91 Å². The molecule has 0 saturated carbocycles. The number of amides is 1. The zero-order valence-corrected chi connectivity index (χ0v) is 14.5. The standard InChI is InChI=1S/C20H19N3O3/c1-25-16-9-7-14(8-10-16)22-15-11-12-21-18(13-15)20(24)23-17-5-3-4-6-19(17)26-2/h3-13H,1-2H3,(H,21,22)(H,23,24). The van der Waals surface area contributed by atoms with E-state index in [4.69, 9.17) is 9.47 Å². The molecule has 0 radical (unpaired) electrons. The predicted octanol–water partition coefficient (Wildman–Crippen LogP) is 4.09. The van der Waals surface area contributed by atoms with Crippen molar-refractivity contribution in [3.05, 3.63) is 72.6 Å². The van der Waals surface area contributed by atoms with Crippen LogP contribution in [0.1, 0.15) is 10.5 Å². The minimum atomic E-state index is -0.312. The Labute approximate surface area is 151 Å². The molecule has 3 rings (SSSR count). The molecule has 2 aromatic carbocycles. The number of rotatable bonds is 6. The molecule has 6 nitrogen and oxygen atoms in total. The molecule has 0 aliphatic carbocycles. The Hall–Kier alpha value is -3.54. The van der Waals surface area contributed by atoms with Gasteiger partial charge in [-0.25, -0.2) is 0 Å². The van der Waals surface area contributed by atoms with Crippen LogP contribution in [0.2, 0.25) is 0 Å². The number of nitrogens with one attached hydrogen (secondary N) is 2. The van der Waals surface area contributed by atoms with Gasteiger partial charge in [-0.15, -0.1) is 0 Å². The van der Waals surface area contributed by atoms with Crippen LogP contribution in [0.15, 0.2) is 66.9 Å². The summed E-state index contributed by atoms with van der Waals surface area (Å²) in [6, 6.07) is 18.2. The second kappa shape index (κ2) is 8.02. The van der Waals surface area contributed by atoms with Crippen LogP contribution in [0.3, 0.4) is 0 Å². The molecule has 1 amide bonds. The van der Waals surface area contributed by atoms with Crippen molar-refractivity contribution in [1.82, 2.24) is 4.98 Å². The highest BCUT2D eigenvalue weighted by Gasteiger charge is 2.11. The van der Waals surface area contributed by atoms with Gasteiger partial charge in [-0.3, -0.25) is 9.78 Å². The first-order valence-corrected chi connectivity index (χ1v) is 8.01. The van der Waals surface area contributed by atoms with E-state index in [1.54, 1.807) is 44.7 Å². The van der Waals surface area contributed by atoms with Crippen molar-refractivity contribution in [3.8, 4) is 11.5 Å². The number of ether oxygens (including phenoxy) is 2. The maximum Gasteiger partial charge on any atom is 0.274 e. The van der Waals surface area contributed by atoms with Crippen LogP contribution in [0.25, 0.3) is 0 Å². The molecule has 0 aliphatic heterocycles. The molecule has 0 fully saturated rings. The molecule has 132 valence electrons. The topological polar surface area (TPSA) is 72.5 Å². The minimum absolute atomic E-state index is 0.300. The Bertz CT molecular complexity index is 895. The van der Waals surface area contributed by atoms with Crippen LogP contribution in [-0.2, 0) is 0 Å². The quantitative estimate of drug-likeness (QED) is 0.701. The first kappa shape index (κ1) is 17.3. The molecule has 0 atom stereocenters. The summed E-state index contributed by atoms with van der Waals surface area (Å²) in [5.41, 5.74) is 2.54. The van der Waals surface area contributed by atoms with Crippen LogP contribution in [0, 0.1) is 0 Å². The summed E-state index contributed by atoms with van der Waals surface area (Å²) in [5, 5.41) is 6.05. The summed E-state index contributed by atoms with van der Waals surface area (Å²) in [5.74, 6) is 1.06. The van der Waals surface area contributed by atoms with E-state index in [1.165, 1.54) is 0 Å². The molecule has 0 saturated heterocycles. The molecule has 0 spiro atoms. The molecular formula is C20H19N3O3. The van der Waals surface area contributed by atoms with Gasteiger partial charge in [-0.2, -0.15) is 0 Å². The van der Waals surface area contributed by atoms with E-state index in [0.717, 1.165) is 17.1 Å². The summed E-state index contributed by atoms with van der Waals surface area (Å²) in [7, 11) is 3.18. The second-order valence-electron chi connectivity index (χ2n) is 5.44. The summed E-state index contributed by atoms with van der Waals surface area (Å²) in [6.07, 6.45) is 1.59. The molecule has 1 heterocycles. The second-order valence-corrected chi connectivity index (χ2v) is 5.44. The molecule has 3 aromatic rings. The summed E-state index contributed by atoms with van der Waals surface area (Å²) in [4.78, 5) is 16.6. The van der Waals surface area contributed by atoms with Gasteiger partial charge in [0, 0.05) is 17.6 Å². The zero-order chi connectivity index (χ0) is 18.4.